The Bertz CT molecular complexity index is 1210. The van der Waals surface area contributed by atoms with Gasteiger partial charge in [-0.05, 0) is 64.0 Å². The summed E-state index contributed by atoms with van der Waals surface area (Å²) in [6.07, 6.45) is 7.85. The minimum absolute atomic E-state index is 0.00348. The number of rotatable bonds is 2. The van der Waals surface area contributed by atoms with Gasteiger partial charge in [0.1, 0.15) is 11.2 Å². The van der Waals surface area contributed by atoms with Crippen molar-refractivity contribution in [3.8, 4) is 0 Å². The highest BCUT2D eigenvalue weighted by Crippen LogP contribution is 2.39. The number of fused-ring (bicyclic) bond motifs is 3. The summed E-state index contributed by atoms with van der Waals surface area (Å²) in [6, 6.07) is 7.98. The fourth-order valence-electron chi connectivity index (χ4n) is 5.38. The van der Waals surface area contributed by atoms with E-state index in [0.29, 0.717) is 19.0 Å². The van der Waals surface area contributed by atoms with Crippen LogP contribution in [0.5, 0.6) is 0 Å². The third kappa shape index (κ3) is 3.78. The fraction of sp³-hybridized carbons (Fsp3) is 0.560. The first-order valence-corrected chi connectivity index (χ1v) is 11.8. The summed E-state index contributed by atoms with van der Waals surface area (Å²) in [4.78, 5) is 27.4. The molecule has 170 valence electrons. The smallest absolute Gasteiger partial charge is 0.410 e. The molecule has 0 spiro atoms. The van der Waals surface area contributed by atoms with Crippen LogP contribution in [-0.2, 0) is 4.74 Å². The van der Waals surface area contributed by atoms with Crippen LogP contribution in [0.25, 0.3) is 16.6 Å². The van der Waals surface area contributed by atoms with Crippen LogP contribution in [-0.4, -0.2) is 43.9 Å². The predicted molar refractivity (Wildman–Crippen MR) is 124 cm³/mol. The van der Waals surface area contributed by atoms with Crippen LogP contribution in [0.3, 0.4) is 0 Å². The molecule has 2 aliphatic rings. The van der Waals surface area contributed by atoms with E-state index in [9.17, 15) is 9.59 Å². The van der Waals surface area contributed by atoms with Gasteiger partial charge in [0.2, 0.25) is 0 Å². The molecule has 7 heteroatoms. The minimum atomic E-state index is -0.510. The van der Waals surface area contributed by atoms with Crippen molar-refractivity contribution in [2.24, 2.45) is 0 Å². The molecule has 0 atom stereocenters. The summed E-state index contributed by atoms with van der Waals surface area (Å²) in [6.45, 7) is 6.79. The summed E-state index contributed by atoms with van der Waals surface area (Å²) in [5, 5.41) is 5.92. The molecule has 1 saturated carbocycles. The van der Waals surface area contributed by atoms with Crippen molar-refractivity contribution in [3.63, 3.8) is 0 Å². The molecule has 3 heterocycles. The number of carbonyl (C=O) groups is 1. The standard InChI is InChI=1S/C25H32N4O3/c1-25(2,3)32-24(31)27-14-11-18(12-15-27)29-21(30)13-16-28-23(29)22-19(17-7-4-5-8-17)9-6-10-20(22)26-28/h6,9-10,13,16-18H,4-5,7-8,11-12,14-15H2,1-3H3. The summed E-state index contributed by atoms with van der Waals surface area (Å²) in [5.74, 6) is 0.532. The van der Waals surface area contributed by atoms with Gasteiger partial charge in [-0.15, -0.1) is 0 Å². The highest BCUT2D eigenvalue weighted by atomic mass is 16.6. The van der Waals surface area contributed by atoms with Crippen molar-refractivity contribution in [1.29, 1.82) is 0 Å². The Kier molecular flexibility index (Phi) is 5.22. The molecule has 32 heavy (non-hydrogen) atoms. The van der Waals surface area contributed by atoms with Gasteiger partial charge in [-0.3, -0.25) is 9.36 Å². The third-order valence-corrected chi connectivity index (χ3v) is 6.83. The van der Waals surface area contributed by atoms with Crippen LogP contribution in [0.4, 0.5) is 4.79 Å². The molecular weight excluding hydrogens is 404 g/mol. The Balaban J connectivity index is 1.52. The second kappa shape index (κ2) is 7.94. The monoisotopic (exact) mass is 436 g/mol. The highest BCUT2D eigenvalue weighted by Gasteiger charge is 2.30. The van der Waals surface area contributed by atoms with E-state index in [1.54, 1.807) is 17.2 Å². The van der Waals surface area contributed by atoms with Crippen LogP contribution in [0.1, 0.15) is 76.8 Å². The van der Waals surface area contributed by atoms with Gasteiger partial charge in [0, 0.05) is 36.8 Å². The predicted octanol–water partition coefficient (Wildman–Crippen LogP) is 4.88. The lowest BCUT2D eigenvalue weighted by molar-refractivity contribution is 0.0188. The van der Waals surface area contributed by atoms with Crippen molar-refractivity contribution in [2.75, 3.05) is 13.1 Å². The molecule has 0 unspecified atom stereocenters. The molecular formula is C25H32N4O3. The number of benzene rings is 1. The summed E-state index contributed by atoms with van der Waals surface area (Å²) in [5.41, 5.74) is 2.64. The number of hydrogen-bond donors (Lipinski definition) is 0. The van der Waals surface area contributed by atoms with Crippen molar-refractivity contribution in [1.82, 2.24) is 19.1 Å². The Labute approximate surface area is 188 Å². The average molecular weight is 437 g/mol. The third-order valence-electron chi connectivity index (χ3n) is 6.83. The lowest BCUT2D eigenvalue weighted by Crippen LogP contribution is -2.43. The SMILES string of the molecule is CC(C)(C)OC(=O)N1CCC(n2c(=O)ccn3nc4cccc(C5CCCC5)c4c23)CC1. The van der Waals surface area contributed by atoms with Crippen LogP contribution in [0.2, 0.25) is 0 Å². The van der Waals surface area contributed by atoms with Crippen LogP contribution in [0, 0.1) is 0 Å². The summed E-state index contributed by atoms with van der Waals surface area (Å²) < 4.78 is 9.33. The summed E-state index contributed by atoms with van der Waals surface area (Å²) in [7, 11) is 0. The van der Waals surface area contributed by atoms with E-state index in [4.69, 9.17) is 9.84 Å². The number of piperidine rings is 1. The van der Waals surface area contributed by atoms with Gasteiger partial charge in [-0.1, -0.05) is 25.0 Å². The van der Waals surface area contributed by atoms with E-state index in [1.165, 1.54) is 31.2 Å². The van der Waals surface area contributed by atoms with Gasteiger partial charge in [0.05, 0.1) is 5.52 Å². The lowest BCUT2D eigenvalue weighted by atomic mass is 9.94. The Morgan fingerprint density at radius 3 is 2.47 bits per heavy atom. The van der Waals surface area contributed by atoms with Gasteiger partial charge in [0.25, 0.3) is 5.56 Å². The zero-order valence-corrected chi connectivity index (χ0v) is 19.2. The van der Waals surface area contributed by atoms with Crippen molar-refractivity contribution in [2.45, 2.75) is 76.9 Å². The first kappa shape index (κ1) is 21.0. The Morgan fingerprint density at radius 2 is 1.78 bits per heavy atom. The van der Waals surface area contributed by atoms with Gasteiger partial charge in [-0.2, -0.15) is 5.10 Å². The quantitative estimate of drug-likeness (QED) is 0.574. The molecule has 1 aromatic carbocycles. The van der Waals surface area contributed by atoms with Crippen LogP contribution >= 0.6 is 0 Å². The first-order chi connectivity index (χ1) is 15.3. The molecule has 0 radical (unpaired) electrons. The molecule has 3 aromatic rings. The Hall–Kier alpha value is -2.83. The van der Waals surface area contributed by atoms with Crippen molar-refractivity contribution in [3.05, 3.63) is 46.4 Å². The second-order valence-corrected chi connectivity index (χ2v) is 10.2. The zero-order valence-electron chi connectivity index (χ0n) is 19.2. The second-order valence-electron chi connectivity index (χ2n) is 10.2. The lowest BCUT2D eigenvalue weighted by Gasteiger charge is -2.34. The van der Waals surface area contributed by atoms with E-state index in [2.05, 4.69) is 12.1 Å². The van der Waals surface area contributed by atoms with E-state index in [0.717, 1.165) is 29.4 Å². The fourth-order valence-corrected chi connectivity index (χ4v) is 5.38. The van der Waals surface area contributed by atoms with Crippen LogP contribution in [0.15, 0.2) is 35.3 Å². The summed E-state index contributed by atoms with van der Waals surface area (Å²) >= 11 is 0. The van der Waals surface area contributed by atoms with Gasteiger partial charge in [0.15, 0.2) is 0 Å². The zero-order chi connectivity index (χ0) is 22.5. The van der Waals surface area contributed by atoms with E-state index in [1.807, 2.05) is 35.9 Å². The molecule has 2 fully saturated rings. The molecule has 0 bridgehead atoms. The topological polar surface area (TPSA) is 68.8 Å². The number of ether oxygens (including phenoxy) is 1. The number of amides is 1. The molecule has 7 nitrogen and oxygen atoms in total. The van der Waals surface area contributed by atoms with E-state index in [-0.39, 0.29) is 17.7 Å². The maximum Gasteiger partial charge on any atom is 0.410 e. The van der Waals surface area contributed by atoms with E-state index >= 15 is 0 Å². The minimum Gasteiger partial charge on any atom is -0.444 e. The normalized spacial score (nSPS) is 18.7. The maximum atomic E-state index is 13.1. The molecule has 1 aliphatic heterocycles. The average Bonchev–Trinajstić information content (AvgIpc) is 3.40. The van der Waals surface area contributed by atoms with Crippen LogP contribution < -0.4 is 5.56 Å². The first-order valence-electron chi connectivity index (χ1n) is 11.8. The Morgan fingerprint density at radius 1 is 1.06 bits per heavy atom. The number of carbonyl (C=O) groups excluding carboxylic acids is 1. The number of hydrogen-bond acceptors (Lipinski definition) is 4. The number of aromatic nitrogens is 3. The largest absolute Gasteiger partial charge is 0.444 e. The molecule has 2 aromatic heterocycles. The maximum absolute atomic E-state index is 13.1. The molecule has 1 aliphatic carbocycles. The van der Waals surface area contributed by atoms with E-state index < -0.39 is 5.60 Å². The highest BCUT2D eigenvalue weighted by molar-refractivity contribution is 5.95. The molecule has 0 N–H and O–H groups in total. The molecule has 1 saturated heterocycles. The van der Waals surface area contributed by atoms with Crippen molar-refractivity contribution < 1.29 is 9.53 Å². The van der Waals surface area contributed by atoms with Gasteiger partial charge in [-0.25, -0.2) is 9.31 Å². The van der Waals surface area contributed by atoms with Crippen molar-refractivity contribution >= 4 is 22.6 Å². The number of nitrogens with zero attached hydrogens (tertiary/aromatic N) is 4. The van der Waals surface area contributed by atoms with Gasteiger partial charge < -0.3 is 9.64 Å². The number of likely N-dealkylation sites (tertiary alicyclic amines) is 1. The van der Waals surface area contributed by atoms with Gasteiger partial charge >= 0.3 is 6.09 Å². The molecule has 5 rings (SSSR count). The molecule has 1 amide bonds.